The molecular formula is C17H17N3S. The molecule has 1 N–H and O–H groups in total. The average Bonchev–Trinajstić information content (AvgIpc) is 3.02. The maximum atomic E-state index is 4.10. The maximum Gasteiger partial charge on any atom is 0.205 e. The highest BCUT2D eigenvalue weighted by atomic mass is 32.1. The zero-order chi connectivity index (χ0) is 14.3. The van der Waals surface area contributed by atoms with E-state index in [1.165, 1.54) is 22.5 Å². The van der Waals surface area contributed by atoms with Gasteiger partial charge in [0.15, 0.2) is 0 Å². The number of benzene rings is 2. The Labute approximate surface area is 128 Å². The quantitative estimate of drug-likeness (QED) is 0.751. The molecule has 0 saturated carbocycles. The summed E-state index contributed by atoms with van der Waals surface area (Å²) in [6.45, 7) is 0. The van der Waals surface area contributed by atoms with Crippen molar-refractivity contribution in [3.8, 4) is 0 Å². The number of anilines is 1. The monoisotopic (exact) mass is 295 g/mol. The van der Waals surface area contributed by atoms with E-state index in [-0.39, 0.29) is 0 Å². The van der Waals surface area contributed by atoms with Gasteiger partial charge in [-0.1, -0.05) is 72.0 Å². The number of rotatable bonds is 6. The molecule has 106 valence electrons. The van der Waals surface area contributed by atoms with Crippen LogP contribution in [0.4, 0.5) is 5.13 Å². The van der Waals surface area contributed by atoms with Crippen LogP contribution in [0.2, 0.25) is 0 Å². The van der Waals surface area contributed by atoms with Gasteiger partial charge in [-0.05, 0) is 24.0 Å². The molecule has 2 aromatic carbocycles. The van der Waals surface area contributed by atoms with E-state index in [4.69, 9.17) is 0 Å². The third kappa shape index (κ3) is 4.13. The summed E-state index contributed by atoms with van der Waals surface area (Å²) in [5, 5.41) is 12.4. The van der Waals surface area contributed by atoms with E-state index in [0.717, 1.165) is 18.0 Å². The summed E-state index contributed by atoms with van der Waals surface area (Å²) < 4.78 is 0. The molecule has 0 unspecified atom stereocenters. The Morgan fingerprint density at radius 3 is 1.90 bits per heavy atom. The molecule has 4 heteroatoms. The molecule has 0 radical (unpaired) electrons. The number of nitrogens with zero attached hydrogens (tertiary/aromatic N) is 2. The average molecular weight is 295 g/mol. The molecule has 0 atom stereocenters. The number of nitrogens with one attached hydrogen (secondary N) is 1. The molecular weight excluding hydrogens is 278 g/mol. The highest BCUT2D eigenvalue weighted by Crippen LogP contribution is 2.16. The molecule has 0 bridgehead atoms. The van der Waals surface area contributed by atoms with E-state index in [9.17, 15) is 0 Å². The maximum absolute atomic E-state index is 4.10. The van der Waals surface area contributed by atoms with Gasteiger partial charge in [-0.15, -0.1) is 10.2 Å². The first-order valence-electron chi connectivity index (χ1n) is 7.01. The summed E-state index contributed by atoms with van der Waals surface area (Å²) in [5.41, 5.74) is 4.41. The van der Waals surface area contributed by atoms with Gasteiger partial charge in [-0.25, -0.2) is 0 Å². The van der Waals surface area contributed by atoms with Crippen molar-refractivity contribution in [1.82, 2.24) is 10.2 Å². The molecule has 21 heavy (non-hydrogen) atoms. The van der Waals surface area contributed by atoms with Crippen LogP contribution >= 0.6 is 11.3 Å². The Morgan fingerprint density at radius 2 is 1.43 bits per heavy atom. The van der Waals surface area contributed by atoms with Gasteiger partial charge < -0.3 is 5.32 Å². The second-order valence-electron chi connectivity index (χ2n) is 4.96. The lowest BCUT2D eigenvalue weighted by molar-refractivity contribution is 0.708. The number of hydrogen-bond donors (Lipinski definition) is 1. The predicted molar refractivity (Wildman–Crippen MR) is 87.6 cm³/mol. The fourth-order valence-corrected chi connectivity index (χ4v) is 2.91. The van der Waals surface area contributed by atoms with Crippen LogP contribution in [-0.4, -0.2) is 16.2 Å². The summed E-state index contributed by atoms with van der Waals surface area (Å²) in [5.74, 6) is 0. The molecule has 3 rings (SSSR count). The molecule has 1 heterocycles. The van der Waals surface area contributed by atoms with E-state index in [0.29, 0.717) is 6.04 Å². The fraction of sp³-hybridized carbons (Fsp3) is 0.176. The van der Waals surface area contributed by atoms with Crippen LogP contribution in [0.15, 0.2) is 66.2 Å². The SMILES string of the molecule is c1ccc(CC(Cc2ccccc2)Nc2nncs2)cc1. The summed E-state index contributed by atoms with van der Waals surface area (Å²) in [4.78, 5) is 0. The van der Waals surface area contributed by atoms with E-state index in [1.807, 2.05) is 12.1 Å². The normalized spacial score (nSPS) is 10.7. The van der Waals surface area contributed by atoms with Crippen molar-refractivity contribution < 1.29 is 0 Å². The summed E-state index contributed by atoms with van der Waals surface area (Å²) in [7, 11) is 0. The summed E-state index contributed by atoms with van der Waals surface area (Å²) >= 11 is 1.54. The van der Waals surface area contributed by atoms with Gasteiger partial charge in [0, 0.05) is 6.04 Å². The lowest BCUT2D eigenvalue weighted by atomic mass is 9.99. The molecule has 0 spiro atoms. The van der Waals surface area contributed by atoms with Crippen LogP contribution in [0.5, 0.6) is 0 Å². The second kappa shape index (κ2) is 6.99. The van der Waals surface area contributed by atoms with Gasteiger partial charge in [0.05, 0.1) is 0 Å². The third-order valence-corrected chi connectivity index (χ3v) is 3.96. The van der Waals surface area contributed by atoms with Crippen molar-refractivity contribution in [2.75, 3.05) is 5.32 Å². The third-order valence-electron chi connectivity index (χ3n) is 3.34. The van der Waals surface area contributed by atoms with Crippen molar-refractivity contribution in [2.45, 2.75) is 18.9 Å². The molecule has 0 saturated heterocycles. The first kappa shape index (κ1) is 13.8. The summed E-state index contributed by atoms with van der Waals surface area (Å²) in [6.07, 6.45) is 1.94. The smallest absolute Gasteiger partial charge is 0.205 e. The van der Waals surface area contributed by atoms with Gasteiger partial charge in [0.1, 0.15) is 5.51 Å². The van der Waals surface area contributed by atoms with Crippen LogP contribution in [-0.2, 0) is 12.8 Å². The van der Waals surface area contributed by atoms with Crippen molar-refractivity contribution >= 4 is 16.5 Å². The Morgan fingerprint density at radius 1 is 0.857 bits per heavy atom. The van der Waals surface area contributed by atoms with E-state index in [1.54, 1.807) is 5.51 Å². The first-order valence-corrected chi connectivity index (χ1v) is 7.88. The molecule has 1 aromatic heterocycles. The Bertz CT molecular complexity index is 597. The van der Waals surface area contributed by atoms with Crippen molar-refractivity contribution in [3.05, 3.63) is 77.3 Å². The van der Waals surface area contributed by atoms with Crippen molar-refractivity contribution in [2.24, 2.45) is 0 Å². The minimum Gasteiger partial charge on any atom is -0.357 e. The van der Waals surface area contributed by atoms with E-state index < -0.39 is 0 Å². The van der Waals surface area contributed by atoms with Gasteiger partial charge in [-0.2, -0.15) is 0 Å². The molecule has 3 aromatic rings. The van der Waals surface area contributed by atoms with Crippen LogP contribution in [0.1, 0.15) is 11.1 Å². The fourth-order valence-electron chi connectivity index (χ4n) is 2.38. The number of hydrogen-bond acceptors (Lipinski definition) is 4. The van der Waals surface area contributed by atoms with Crippen LogP contribution in [0.3, 0.4) is 0 Å². The highest BCUT2D eigenvalue weighted by Gasteiger charge is 2.12. The van der Waals surface area contributed by atoms with E-state index in [2.05, 4.69) is 64.0 Å². The van der Waals surface area contributed by atoms with Gasteiger partial charge in [0.2, 0.25) is 5.13 Å². The Balaban J connectivity index is 1.74. The van der Waals surface area contributed by atoms with E-state index >= 15 is 0 Å². The van der Waals surface area contributed by atoms with Crippen molar-refractivity contribution in [3.63, 3.8) is 0 Å². The van der Waals surface area contributed by atoms with Gasteiger partial charge >= 0.3 is 0 Å². The second-order valence-corrected chi connectivity index (χ2v) is 5.80. The minimum atomic E-state index is 0.308. The lowest BCUT2D eigenvalue weighted by Crippen LogP contribution is -2.25. The predicted octanol–water partition coefficient (Wildman–Crippen LogP) is 3.80. The molecule has 0 aliphatic heterocycles. The lowest BCUT2D eigenvalue weighted by Gasteiger charge is -2.18. The van der Waals surface area contributed by atoms with Gasteiger partial charge in [-0.3, -0.25) is 0 Å². The zero-order valence-electron chi connectivity index (χ0n) is 11.6. The largest absolute Gasteiger partial charge is 0.357 e. The number of aromatic nitrogens is 2. The van der Waals surface area contributed by atoms with Crippen molar-refractivity contribution in [1.29, 1.82) is 0 Å². The molecule has 0 aliphatic rings. The minimum absolute atomic E-state index is 0.308. The van der Waals surface area contributed by atoms with Crippen LogP contribution in [0, 0.1) is 0 Å². The molecule has 0 amide bonds. The zero-order valence-corrected chi connectivity index (χ0v) is 12.5. The topological polar surface area (TPSA) is 37.8 Å². The molecule has 0 aliphatic carbocycles. The van der Waals surface area contributed by atoms with Gasteiger partial charge in [0.25, 0.3) is 0 Å². The molecule has 3 nitrogen and oxygen atoms in total. The highest BCUT2D eigenvalue weighted by molar-refractivity contribution is 7.13. The van der Waals surface area contributed by atoms with Crippen LogP contribution in [0.25, 0.3) is 0 Å². The van der Waals surface area contributed by atoms with Crippen LogP contribution < -0.4 is 5.32 Å². The Hall–Kier alpha value is -2.20. The Kier molecular flexibility index (Phi) is 4.59. The summed E-state index contributed by atoms with van der Waals surface area (Å²) in [6, 6.07) is 21.4. The molecule has 0 fully saturated rings. The first-order chi connectivity index (χ1) is 10.4. The standard InChI is InChI=1S/C17H17N3S/c1-3-7-14(8-4-1)11-16(19-17-20-18-13-21-17)12-15-9-5-2-6-10-15/h1-10,13,16H,11-12H2,(H,19,20).